The molecule has 0 amide bonds. The molecule has 0 aromatic rings. The van der Waals surface area contributed by atoms with Gasteiger partial charge in [-0.15, -0.1) is 0 Å². The molecule has 0 radical (unpaired) electrons. The standard InChI is InChI=1S/C12H24F3N3O/c1-11(2,9-16)18-5-3-17(4-6-18)7-8-19-10-12(13,14)15/h3-10,16H2,1-2H3. The molecular weight excluding hydrogens is 259 g/mol. The molecule has 19 heavy (non-hydrogen) atoms. The molecule has 1 aliphatic rings. The van der Waals surface area contributed by atoms with Crippen LogP contribution >= 0.6 is 0 Å². The van der Waals surface area contributed by atoms with Crippen molar-refractivity contribution in [2.24, 2.45) is 5.73 Å². The van der Waals surface area contributed by atoms with Crippen LogP contribution in [0.25, 0.3) is 0 Å². The molecule has 0 spiro atoms. The van der Waals surface area contributed by atoms with Crippen LogP contribution in [0.2, 0.25) is 0 Å². The second-order valence-corrected chi connectivity index (χ2v) is 5.51. The lowest BCUT2D eigenvalue weighted by Crippen LogP contribution is -2.57. The van der Waals surface area contributed by atoms with Gasteiger partial charge in [0.2, 0.25) is 0 Å². The average molecular weight is 283 g/mol. The van der Waals surface area contributed by atoms with Crippen LogP contribution in [-0.2, 0) is 4.74 Å². The lowest BCUT2D eigenvalue weighted by atomic mass is 10.0. The molecule has 0 aromatic carbocycles. The molecular formula is C12H24F3N3O. The topological polar surface area (TPSA) is 41.7 Å². The van der Waals surface area contributed by atoms with Crippen molar-refractivity contribution in [2.75, 3.05) is 52.5 Å². The summed E-state index contributed by atoms with van der Waals surface area (Å²) in [4.78, 5) is 4.44. The van der Waals surface area contributed by atoms with Gasteiger partial charge in [0, 0.05) is 44.8 Å². The zero-order valence-corrected chi connectivity index (χ0v) is 11.7. The summed E-state index contributed by atoms with van der Waals surface area (Å²) in [6, 6.07) is 0. The Morgan fingerprint density at radius 2 is 1.68 bits per heavy atom. The van der Waals surface area contributed by atoms with Gasteiger partial charge in [0.05, 0.1) is 6.61 Å². The SMILES string of the molecule is CC(C)(CN)N1CCN(CCOCC(F)(F)F)CC1. The molecule has 1 rings (SSSR count). The van der Waals surface area contributed by atoms with Crippen LogP contribution in [0.1, 0.15) is 13.8 Å². The van der Waals surface area contributed by atoms with Crippen LogP contribution < -0.4 is 5.73 Å². The fourth-order valence-corrected chi connectivity index (χ4v) is 2.09. The van der Waals surface area contributed by atoms with Crippen LogP contribution in [-0.4, -0.2) is 74.0 Å². The molecule has 0 aromatic heterocycles. The van der Waals surface area contributed by atoms with Gasteiger partial charge in [0.15, 0.2) is 0 Å². The van der Waals surface area contributed by atoms with Gasteiger partial charge in [-0.1, -0.05) is 0 Å². The Kier molecular flexibility index (Phi) is 6.04. The van der Waals surface area contributed by atoms with Gasteiger partial charge >= 0.3 is 6.18 Å². The molecule has 1 fully saturated rings. The molecule has 0 unspecified atom stereocenters. The molecule has 7 heteroatoms. The first-order valence-electron chi connectivity index (χ1n) is 6.56. The zero-order chi connectivity index (χ0) is 14.5. The summed E-state index contributed by atoms with van der Waals surface area (Å²) in [5.74, 6) is 0. The third kappa shape index (κ3) is 6.07. The van der Waals surface area contributed by atoms with E-state index in [4.69, 9.17) is 5.73 Å². The maximum absolute atomic E-state index is 11.9. The first-order valence-corrected chi connectivity index (χ1v) is 6.56. The fraction of sp³-hybridized carbons (Fsp3) is 1.00. The van der Waals surface area contributed by atoms with Gasteiger partial charge in [-0.05, 0) is 13.8 Å². The van der Waals surface area contributed by atoms with E-state index in [2.05, 4.69) is 28.4 Å². The zero-order valence-electron chi connectivity index (χ0n) is 11.7. The smallest absolute Gasteiger partial charge is 0.371 e. The average Bonchev–Trinajstić information content (AvgIpc) is 2.34. The maximum atomic E-state index is 11.9. The summed E-state index contributed by atoms with van der Waals surface area (Å²) in [5, 5.41) is 0. The molecule has 0 bridgehead atoms. The van der Waals surface area contributed by atoms with Crippen molar-refractivity contribution in [1.29, 1.82) is 0 Å². The number of halogens is 3. The minimum absolute atomic E-state index is 0.0150. The van der Waals surface area contributed by atoms with Crippen molar-refractivity contribution in [1.82, 2.24) is 9.80 Å². The summed E-state index contributed by atoms with van der Waals surface area (Å²) < 4.78 is 40.3. The van der Waals surface area contributed by atoms with E-state index in [-0.39, 0.29) is 12.1 Å². The lowest BCUT2D eigenvalue weighted by Gasteiger charge is -2.43. The van der Waals surface area contributed by atoms with E-state index < -0.39 is 12.8 Å². The predicted molar refractivity (Wildman–Crippen MR) is 68.0 cm³/mol. The Morgan fingerprint density at radius 3 is 2.16 bits per heavy atom. The number of hydrogen-bond acceptors (Lipinski definition) is 4. The van der Waals surface area contributed by atoms with Gasteiger partial charge in [0.1, 0.15) is 6.61 Å². The molecule has 4 nitrogen and oxygen atoms in total. The Balaban J connectivity index is 2.17. The Bertz CT molecular complexity index is 263. The second kappa shape index (κ2) is 6.88. The number of piperazine rings is 1. The van der Waals surface area contributed by atoms with Crippen LogP contribution in [0.5, 0.6) is 0 Å². The third-order valence-corrected chi connectivity index (χ3v) is 3.55. The minimum Gasteiger partial charge on any atom is -0.371 e. The number of nitrogens with zero attached hydrogens (tertiary/aromatic N) is 2. The summed E-state index contributed by atoms with van der Waals surface area (Å²) in [6.45, 7) is 7.80. The van der Waals surface area contributed by atoms with Crippen LogP contribution in [0.4, 0.5) is 13.2 Å². The van der Waals surface area contributed by atoms with Crippen molar-refractivity contribution < 1.29 is 17.9 Å². The molecule has 114 valence electrons. The van der Waals surface area contributed by atoms with Crippen molar-refractivity contribution in [3.63, 3.8) is 0 Å². The highest BCUT2D eigenvalue weighted by atomic mass is 19.4. The summed E-state index contributed by atoms with van der Waals surface area (Å²) in [6.07, 6.45) is -4.23. The van der Waals surface area contributed by atoms with Crippen molar-refractivity contribution in [2.45, 2.75) is 25.6 Å². The minimum atomic E-state index is -4.23. The monoisotopic (exact) mass is 283 g/mol. The van der Waals surface area contributed by atoms with Gasteiger partial charge in [-0.3, -0.25) is 9.80 Å². The highest BCUT2D eigenvalue weighted by molar-refractivity contribution is 4.86. The van der Waals surface area contributed by atoms with E-state index in [1.165, 1.54) is 0 Å². The van der Waals surface area contributed by atoms with Crippen molar-refractivity contribution >= 4 is 0 Å². The van der Waals surface area contributed by atoms with Crippen LogP contribution in [0.15, 0.2) is 0 Å². The maximum Gasteiger partial charge on any atom is 0.411 e. The van der Waals surface area contributed by atoms with E-state index in [0.717, 1.165) is 26.2 Å². The van der Waals surface area contributed by atoms with Crippen molar-refractivity contribution in [3.05, 3.63) is 0 Å². The number of rotatable bonds is 6. The fourth-order valence-electron chi connectivity index (χ4n) is 2.09. The van der Waals surface area contributed by atoms with E-state index in [1.807, 2.05) is 0 Å². The van der Waals surface area contributed by atoms with Crippen LogP contribution in [0, 0.1) is 0 Å². The number of ether oxygens (including phenoxy) is 1. The number of nitrogens with two attached hydrogens (primary N) is 1. The summed E-state index contributed by atoms with van der Waals surface area (Å²) in [7, 11) is 0. The number of hydrogen-bond donors (Lipinski definition) is 1. The van der Waals surface area contributed by atoms with Gasteiger partial charge in [-0.2, -0.15) is 13.2 Å². The first kappa shape index (κ1) is 16.7. The Hall–Kier alpha value is -0.370. The summed E-state index contributed by atoms with van der Waals surface area (Å²) in [5.41, 5.74) is 5.71. The van der Waals surface area contributed by atoms with Gasteiger partial charge in [-0.25, -0.2) is 0 Å². The molecule has 1 aliphatic heterocycles. The van der Waals surface area contributed by atoms with E-state index >= 15 is 0 Å². The van der Waals surface area contributed by atoms with E-state index in [1.54, 1.807) is 0 Å². The highest BCUT2D eigenvalue weighted by Gasteiger charge is 2.29. The quantitative estimate of drug-likeness (QED) is 0.736. The largest absolute Gasteiger partial charge is 0.411 e. The van der Waals surface area contributed by atoms with Gasteiger partial charge in [0.25, 0.3) is 0 Å². The number of alkyl halides is 3. The predicted octanol–water partition coefficient (Wildman–Crippen LogP) is 0.920. The van der Waals surface area contributed by atoms with Crippen LogP contribution in [0.3, 0.4) is 0 Å². The van der Waals surface area contributed by atoms with Gasteiger partial charge < -0.3 is 10.5 Å². The highest BCUT2D eigenvalue weighted by Crippen LogP contribution is 2.16. The van der Waals surface area contributed by atoms with Crippen molar-refractivity contribution in [3.8, 4) is 0 Å². The molecule has 2 N–H and O–H groups in total. The lowest BCUT2D eigenvalue weighted by molar-refractivity contribution is -0.174. The Labute approximate surface area is 112 Å². The first-order chi connectivity index (χ1) is 8.74. The van der Waals surface area contributed by atoms with E-state index in [0.29, 0.717) is 13.1 Å². The molecule has 1 saturated heterocycles. The van der Waals surface area contributed by atoms with E-state index in [9.17, 15) is 13.2 Å². The normalized spacial score (nSPS) is 19.9. The summed E-state index contributed by atoms with van der Waals surface area (Å²) >= 11 is 0. The molecule has 0 saturated carbocycles. The molecule has 1 heterocycles. The Morgan fingerprint density at radius 1 is 1.11 bits per heavy atom. The second-order valence-electron chi connectivity index (χ2n) is 5.51. The molecule has 0 atom stereocenters. The third-order valence-electron chi connectivity index (χ3n) is 3.55. The molecule has 0 aliphatic carbocycles.